The van der Waals surface area contributed by atoms with Gasteiger partial charge in [-0.25, -0.2) is 9.78 Å². The van der Waals surface area contributed by atoms with E-state index in [1.54, 1.807) is 37.3 Å². The molecule has 37 heavy (non-hydrogen) atoms. The average molecular weight is 509 g/mol. The largest absolute Gasteiger partial charge is 0.496 e. The Kier molecular flexibility index (Phi) is 7.85. The maximum atomic E-state index is 13.6. The minimum Gasteiger partial charge on any atom is -0.496 e. The summed E-state index contributed by atoms with van der Waals surface area (Å²) in [7, 11) is 4.93. The zero-order chi connectivity index (χ0) is 26.7. The van der Waals surface area contributed by atoms with E-state index in [-0.39, 0.29) is 23.9 Å². The molecule has 2 N–H and O–H groups in total. The van der Waals surface area contributed by atoms with Gasteiger partial charge in [-0.2, -0.15) is 4.98 Å². The third-order valence-electron chi connectivity index (χ3n) is 7.37. The molecule has 198 valence electrons. The summed E-state index contributed by atoms with van der Waals surface area (Å²) in [5.41, 5.74) is 3.31. The molecule has 0 spiro atoms. The van der Waals surface area contributed by atoms with Gasteiger partial charge in [-0.15, -0.1) is 0 Å². The Hall–Kier alpha value is -3.82. The van der Waals surface area contributed by atoms with Crippen LogP contribution in [0.2, 0.25) is 0 Å². The molecule has 0 radical (unpaired) electrons. The van der Waals surface area contributed by atoms with Crippen molar-refractivity contribution in [3.8, 4) is 11.5 Å². The Labute approximate surface area is 218 Å². The number of anilines is 3. The molecule has 0 bridgehead atoms. The van der Waals surface area contributed by atoms with E-state index in [1.807, 2.05) is 19.9 Å². The molecule has 2 aliphatic rings. The molecule has 10 heteroatoms. The Balaban J connectivity index is 1.59. The highest BCUT2D eigenvalue weighted by atomic mass is 16.5. The third-order valence-corrected chi connectivity index (χ3v) is 7.37. The van der Waals surface area contributed by atoms with Crippen LogP contribution in [0.1, 0.15) is 42.4 Å². The molecule has 4 rings (SSSR count). The van der Waals surface area contributed by atoms with Crippen LogP contribution >= 0.6 is 0 Å². The van der Waals surface area contributed by atoms with Gasteiger partial charge in [0.15, 0.2) is 0 Å². The van der Waals surface area contributed by atoms with Crippen LogP contribution in [0.15, 0.2) is 24.9 Å². The molecule has 1 saturated carbocycles. The summed E-state index contributed by atoms with van der Waals surface area (Å²) in [5, 5.41) is 6.38. The molecule has 10 nitrogen and oxygen atoms in total. The second-order valence-corrected chi connectivity index (χ2v) is 9.59. The summed E-state index contributed by atoms with van der Waals surface area (Å²) in [6, 6.07) is 1.77. The van der Waals surface area contributed by atoms with Crippen LogP contribution in [0, 0.1) is 19.8 Å². The van der Waals surface area contributed by atoms with E-state index in [1.165, 1.54) is 6.08 Å². The van der Waals surface area contributed by atoms with Gasteiger partial charge in [-0.05, 0) is 38.7 Å². The van der Waals surface area contributed by atoms with E-state index in [4.69, 9.17) is 14.5 Å². The van der Waals surface area contributed by atoms with Crippen molar-refractivity contribution >= 4 is 29.4 Å². The van der Waals surface area contributed by atoms with Crippen LogP contribution in [0.25, 0.3) is 0 Å². The molecule has 0 saturated heterocycles. The van der Waals surface area contributed by atoms with E-state index < -0.39 is 0 Å². The quantitative estimate of drug-likeness (QED) is 0.520. The first-order valence-corrected chi connectivity index (χ1v) is 12.6. The molecule has 3 amide bonds. The number of aromatic nitrogens is 2. The van der Waals surface area contributed by atoms with Crippen molar-refractivity contribution in [2.24, 2.45) is 5.92 Å². The first-order valence-electron chi connectivity index (χ1n) is 12.6. The molecular formula is C27H36N6O4. The van der Waals surface area contributed by atoms with Crippen molar-refractivity contribution < 1.29 is 19.1 Å². The van der Waals surface area contributed by atoms with Crippen LogP contribution in [0.5, 0.6) is 11.5 Å². The summed E-state index contributed by atoms with van der Waals surface area (Å²) < 4.78 is 11.1. The summed E-state index contributed by atoms with van der Waals surface area (Å²) in [4.78, 5) is 37.8. The molecule has 1 aliphatic heterocycles. The number of amides is 3. The maximum absolute atomic E-state index is 13.6. The lowest BCUT2D eigenvalue weighted by Crippen LogP contribution is -2.46. The second-order valence-electron chi connectivity index (χ2n) is 9.59. The van der Waals surface area contributed by atoms with Crippen molar-refractivity contribution in [2.45, 2.75) is 52.1 Å². The topological polar surface area (TPSA) is 109 Å². The fourth-order valence-corrected chi connectivity index (χ4v) is 5.34. The highest BCUT2D eigenvalue weighted by Gasteiger charge is 2.34. The van der Waals surface area contributed by atoms with Crippen molar-refractivity contribution in [3.63, 3.8) is 0 Å². The van der Waals surface area contributed by atoms with Gasteiger partial charge < -0.3 is 20.1 Å². The van der Waals surface area contributed by atoms with Crippen molar-refractivity contribution in [1.29, 1.82) is 0 Å². The molecule has 0 unspecified atom stereocenters. The van der Waals surface area contributed by atoms with E-state index in [2.05, 4.69) is 22.2 Å². The summed E-state index contributed by atoms with van der Waals surface area (Å²) in [5.74, 6) is 2.46. The van der Waals surface area contributed by atoms with Gasteiger partial charge in [0, 0.05) is 48.6 Å². The maximum Gasteiger partial charge on any atom is 0.330 e. The number of hydrogen-bond acceptors (Lipinski definition) is 7. The van der Waals surface area contributed by atoms with Crippen LogP contribution in [0.3, 0.4) is 0 Å². The standard InChI is InChI=1S/C27H36N6O4/c1-7-23(34)28-13-18-10-8-9-11-20(18)30-26-29-14-19-15-33(27(35)32(4)25(19)31-26)24-16(2)21(36-5)12-22(37-6)17(24)3/h7,12,14,18,20H,1,8-11,13,15H2,2-6H3,(H,28,34)(H,29,30,31)/t18-,20-/m1/s1. The number of rotatable bonds is 8. The van der Waals surface area contributed by atoms with Gasteiger partial charge in [-0.3, -0.25) is 14.6 Å². The van der Waals surface area contributed by atoms with Gasteiger partial charge in [0.1, 0.15) is 17.3 Å². The number of methoxy groups -OCH3 is 2. The predicted octanol–water partition coefficient (Wildman–Crippen LogP) is 3.96. The number of benzene rings is 1. The van der Waals surface area contributed by atoms with Crippen molar-refractivity contribution in [1.82, 2.24) is 15.3 Å². The molecule has 2 atom stereocenters. The Bertz CT molecular complexity index is 1170. The highest BCUT2D eigenvalue weighted by molar-refractivity contribution is 6.06. The number of carbonyl (C=O) groups is 2. The minimum atomic E-state index is -0.193. The monoisotopic (exact) mass is 508 g/mol. The molecule has 1 fully saturated rings. The first-order chi connectivity index (χ1) is 17.8. The fourth-order valence-electron chi connectivity index (χ4n) is 5.34. The van der Waals surface area contributed by atoms with Crippen LogP contribution in [0.4, 0.5) is 22.2 Å². The number of ether oxygens (including phenoxy) is 2. The van der Waals surface area contributed by atoms with E-state index in [0.717, 1.165) is 48.1 Å². The van der Waals surface area contributed by atoms with Crippen LogP contribution in [-0.2, 0) is 11.3 Å². The van der Waals surface area contributed by atoms with Gasteiger partial charge in [-0.1, -0.05) is 19.4 Å². The fraction of sp³-hybridized carbons (Fsp3) is 0.481. The molecule has 1 aliphatic carbocycles. The van der Waals surface area contributed by atoms with Gasteiger partial charge >= 0.3 is 6.03 Å². The van der Waals surface area contributed by atoms with E-state index in [0.29, 0.717) is 36.4 Å². The number of carbonyl (C=O) groups excluding carboxylic acids is 2. The molecule has 1 aromatic carbocycles. The second kappa shape index (κ2) is 11.1. The zero-order valence-electron chi connectivity index (χ0n) is 22.3. The number of nitrogens with zero attached hydrogens (tertiary/aromatic N) is 4. The average Bonchev–Trinajstić information content (AvgIpc) is 2.91. The van der Waals surface area contributed by atoms with Crippen molar-refractivity contribution in [3.05, 3.63) is 41.6 Å². The Morgan fingerprint density at radius 3 is 2.51 bits per heavy atom. The lowest BCUT2D eigenvalue weighted by molar-refractivity contribution is -0.116. The smallest absolute Gasteiger partial charge is 0.330 e. The first kappa shape index (κ1) is 26.2. The number of urea groups is 1. The SMILES string of the molecule is C=CC(=O)NC[C@H]1CCCC[C@H]1Nc1ncc2c(n1)N(C)C(=O)N(c1c(C)c(OC)cc(OC)c1C)C2. The predicted molar refractivity (Wildman–Crippen MR) is 144 cm³/mol. The number of hydrogen-bond donors (Lipinski definition) is 2. The lowest BCUT2D eigenvalue weighted by Gasteiger charge is -2.36. The van der Waals surface area contributed by atoms with E-state index in [9.17, 15) is 9.59 Å². The summed E-state index contributed by atoms with van der Waals surface area (Å²) in [6.45, 7) is 8.29. The van der Waals surface area contributed by atoms with Gasteiger partial charge in [0.2, 0.25) is 11.9 Å². The van der Waals surface area contributed by atoms with Gasteiger partial charge in [0.25, 0.3) is 0 Å². The number of nitrogens with one attached hydrogen (secondary N) is 2. The Morgan fingerprint density at radius 1 is 1.19 bits per heavy atom. The summed E-state index contributed by atoms with van der Waals surface area (Å²) >= 11 is 0. The minimum absolute atomic E-state index is 0.132. The molecule has 2 heterocycles. The summed E-state index contributed by atoms with van der Waals surface area (Å²) in [6.07, 6.45) is 7.27. The van der Waals surface area contributed by atoms with Crippen LogP contribution in [-0.4, -0.2) is 55.8 Å². The Morgan fingerprint density at radius 2 is 1.86 bits per heavy atom. The van der Waals surface area contributed by atoms with Crippen molar-refractivity contribution in [2.75, 3.05) is 42.9 Å². The highest BCUT2D eigenvalue weighted by Crippen LogP contribution is 2.41. The third kappa shape index (κ3) is 5.19. The molecule has 1 aromatic heterocycles. The van der Waals surface area contributed by atoms with Gasteiger partial charge in [0.05, 0.1) is 26.5 Å². The lowest BCUT2D eigenvalue weighted by atomic mass is 9.84. The number of fused-ring (bicyclic) bond motifs is 1. The zero-order valence-corrected chi connectivity index (χ0v) is 22.3. The normalized spacial score (nSPS) is 19.2. The molecule has 2 aromatic rings. The van der Waals surface area contributed by atoms with Crippen LogP contribution < -0.4 is 29.9 Å². The molecular weight excluding hydrogens is 472 g/mol. The van der Waals surface area contributed by atoms with E-state index >= 15 is 0 Å².